The number of nitrogens with zero attached hydrogens (tertiary/aromatic N) is 1. The third kappa shape index (κ3) is 3.78. The Hall–Kier alpha value is -0.170. The van der Waals surface area contributed by atoms with E-state index in [0.29, 0.717) is 0 Å². The first-order chi connectivity index (χ1) is 4.34. The summed E-state index contributed by atoms with van der Waals surface area (Å²) < 4.78 is 28.5. The molecule has 0 saturated carbocycles. The van der Waals surface area contributed by atoms with E-state index >= 15 is 0 Å². The molecule has 0 aromatic carbocycles. The minimum Gasteiger partial charge on any atom is -0.374 e. The van der Waals surface area contributed by atoms with Crippen LogP contribution in [0.5, 0.6) is 0 Å². The maximum absolute atomic E-state index is 10.1. The molecule has 0 rings (SSSR count). The molecule has 2 N–H and O–H groups in total. The largest absolute Gasteiger partial charge is 0.374 e. The second-order valence-electron chi connectivity index (χ2n) is 2.23. The Morgan fingerprint density at radius 3 is 2.00 bits per heavy atom. The summed E-state index contributed by atoms with van der Waals surface area (Å²) in [5.41, 5.74) is -1.71. The summed E-state index contributed by atoms with van der Waals surface area (Å²) in [5.74, 6) is 0. The maximum atomic E-state index is 10.1. The molecule has 0 aromatic rings. The summed E-state index contributed by atoms with van der Waals surface area (Å²) in [6, 6.07) is 0. The zero-order valence-corrected chi connectivity index (χ0v) is 6.67. The third-order valence-corrected chi connectivity index (χ3v) is 1.70. The van der Waals surface area contributed by atoms with Crippen LogP contribution in [-0.2, 0) is 10.1 Å². The highest BCUT2D eigenvalue weighted by molar-refractivity contribution is 7.86. The van der Waals surface area contributed by atoms with Crippen molar-refractivity contribution in [2.75, 3.05) is 20.6 Å². The SMILES string of the molecule is CN(C)C[C@@H](O)S(=O)(=O)O. The molecular formula is C4H11NO4S. The van der Waals surface area contributed by atoms with Gasteiger partial charge in [-0.2, -0.15) is 8.42 Å². The minimum absolute atomic E-state index is 0.0984. The van der Waals surface area contributed by atoms with Gasteiger partial charge < -0.3 is 10.0 Å². The Kier molecular flexibility index (Phi) is 3.23. The highest BCUT2D eigenvalue weighted by Gasteiger charge is 2.19. The second kappa shape index (κ2) is 3.29. The summed E-state index contributed by atoms with van der Waals surface area (Å²) in [6.45, 7) is -0.0984. The van der Waals surface area contributed by atoms with Crippen molar-refractivity contribution in [1.82, 2.24) is 4.90 Å². The first kappa shape index (κ1) is 9.83. The number of likely N-dealkylation sites (N-methyl/N-ethyl adjacent to an activating group) is 1. The Balaban J connectivity index is 3.99. The Morgan fingerprint density at radius 1 is 1.50 bits per heavy atom. The summed E-state index contributed by atoms with van der Waals surface area (Å²) in [7, 11) is -1.10. The van der Waals surface area contributed by atoms with Crippen molar-refractivity contribution < 1.29 is 18.1 Å². The molecule has 0 bridgehead atoms. The van der Waals surface area contributed by atoms with Gasteiger partial charge in [0.25, 0.3) is 10.1 Å². The van der Waals surface area contributed by atoms with Crippen LogP contribution in [0.2, 0.25) is 0 Å². The van der Waals surface area contributed by atoms with Crippen LogP contribution in [0.15, 0.2) is 0 Å². The van der Waals surface area contributed by atoms with Crippen LogP contribution in [0.4, 0.5) is 0 Å². The van der Waals surface area contributed by atoms with E-state index in [1.54, 1.807) is 14.1 Å². The Bertz CT molecular complexity index is 185. The van der Waals surface area contributed by atoms with Crippen LogP contribution in [0, 0.1) is 0 Å². The van der Waals surface area contributed by atoms with Gasteiger partial charge in [-0.1, -0.05) is 0 Å². The Labute approximate surface area is 60.0 Å². The predicted octanol–water partition coefficient (Wildman–Crippen LogP) is -1.25. The molecule has 0 fully saturated rings. The number of aliphatic hydroxyl groups is 1. The van der Waals surface area contributed by atoms with Crippen molar-refractivity contribution in [3.8, 4) is 0 Å². The van der Waals surface area contributed by atoms with E-state index in [0.717, 1.165) is 0 Å². The van der Waals surface area contributed by atoms with E-state index in [9.17, 15) is 8.42 Å². The lowest BCUT2D eigenvalue weighted by Gasteiger charge is -2.12. The van der Waals surface area contributed by atoms with Crippen LogP contribution in [0.1, 0.15) is 0 Å². The quantitative estimate of drug-likeness (QED) is 0.516. The zero-order chi connectivity index (χ0) is 8.36. The summed E-state index contributed by atoms with van der Waals surface area (Å²) in [6.07, 6.45) is 0. The van der Waals surface area contributed by atoms with Crippen molar-refractivity contribution in [3.05, 3.63) is 0 Å². The molecule has 6 heteroatoms. The van der Waals surface area contributed by atoms with Gasteiger partial charge in [-0.25, -0.2) is 0 Å². The molecular weight excluding hydrogens is 158 g/mol. The molecule has 0 aliphatic heterocycles. The van der Waals surface area contributed by atoms with Gasteiger partial charge in [0.2, 0.25) is 0 Å². The molecule has 0 amide bonds. The van der Waals surface area contributed by atoms with Gasteiger partial charge in [0.15, 0.2) is 5.44 Å². The van der Waals surface area contributed by atoms with Crippen molar-refractivity contribution >= 4 is 10.1 Å². The first-order valence-corrected chi connectivity index (χ1v) is 4.13. The molecule has 0 aliphatic carbocycles. The molecule has 5 nitrogen and oxygen atoms in total. The number of rotatable bonds is 3. The van der Waals surface area contributed by atoms with Gasteiger partial charge in [0, 0.05) is 6.54 Å². The molecule has 0 aliphatic rings. The normalized spacial score (nSPS) is 15.7. The van der Waals surface area contributed by atoms with E-state index in [1.807, 2.05) is 0 Å². The fourth-order valence-electron chi connectivity index (χ4n) is 0.407. The van der Waals surface area contributed by atoms with Crippen LogP contribution in [0.25, 0.3) is 0 Å². The van der Waals surface area contributed by atoms with Crippen LogP contribution >= 0.6 is 0 Å². The Morgan fingerprint density at radius 2 is 1.90 bits per heavy atom. The van der Waals surface area contributed by atoms with Crippen molar-refractivity contribution in [2.45, 2.75) is 5.44 Å². The van der Waals surface area contributed by atoms with Gasteiger partial charge in [0.1, 0.15) is 0 Å². The van der Waals surface area contributed by atoms with E-state index in [4.69, 9.17) is 9.66 Å². The van der Waals surface area contributed by atoms with Crippen LogP contribution in [-0.4, -0.2) is 49.1 Å². The van der Waals surface area contributed by atoms with Gasteiger partial charge in [-0.15, -0.1) is 0 Å². The molecule has 0 spiro atoms. The number of hydrogen-bond donors (Lipinski definition) is 2. The minimum atomic E-state index is -4.28. The van der Waals surface area contributed by atoms with Crippen LogP contribution < -0.4 is 0 Å². The smallest absolute Gasteiger partial charge is 0.293 e. The maximum Gasteiger partial charge on any atom is 0.293 e. The fraction of sp³-hybridized carbons (Fsp3) is 1.00. The molecule has 0 radical (unpaired) electrons. The first-order valence-electron chi connectivity index (χ1n) is 2.63. The lowest BCUT2D eigenvalue weighted by molar-refractivity contribution is 0.190. The van der Waals surface area contributed by atoms with Gasteiger partial charge in [-0.05, 0) is 14.1 Å². The van der Waals surface area contributed by atoms with Gasteiger partial charge >= 0.3 is 0 Å². The molecule has 10 heavy (non-hydrogen) atoms. The average Bonchev–Trinajstić information content (AvgIpc) is 1.60. The lowest BCUT2D eigenvalue weighted by Crippen LogP contribution is -2.32. The molecule has 0 aromatic heterocycles. The highest BCUT2D eigenvalue weighted by atomic mass is 32.2. The lowest BCUT2D eigenvalue weighted by atomic mass is 10.6. The number of aliphatic hydroxyl groups excluding tert-OH is 1. The molecule has 0 heterocycles. The summed E-state index contributed by atoms with van der Waals surface area (Å²) in [4.78, 5) is 1.46. The van der Waals surface area contributed by atoms with Crippen molar-refractivity contribution in [1.29, 1.82) is 0 Å². The standard InChI is InChI=1S/C4H11NO4S/c1-5(2)3-4(6)10(7,8)9/h4,6H,3H2,1-2H3,(H,7,8,9)/t4-/m0/s1. The molecule has 0 saturated heterocycles. The van der Waals surface area contributed by atoms with Gasteiger partial charge in [0.05, 0.1) is 0 Å². The molecule has 0 unspecified atom stereocenters. The van der Waals surface area contributed by atoms with Crippen molar-refractivity contribution in [2.24, 2.45) is 0 Å². The highest BCUT2D eigenvalue weighted by Crippen LogP contribution is 1.94. The summed E-state index contributed by atoms with van der Waals surface area (Å²) >= 11 is 0. The van der Waals surface area contributed by atoms with Crippen LogP contribution in [0.3, 0.4) is 0 Å². The topological polar surface area (TPSA) is 77.8 Å². The van der Waals surface area contributed by atoms with E-state index in [-0.39, 0.29) is 6.54 Å². The third-order valence-electron chi connectivity index (χ3n) is 0.865. The zero-order valence-electron chi connectivity index (χ0n) is 5.85. The second-order valence-corrected chi connectivity index (χ2v) is 3.81. The summed E-state index contributed by atoms with van der Waals surface area (Å²) in [5, 5.41) is 8.68. The van der Waals surface area contributed by atoms with E-state index in [2.05, 4.69) is 0 Å². The van der Waals surface area contributed by atoms with Gasteiger partial charge in [-0.3, -0.25) is 4.55 Å². The predicted molar refractivity (Wildman–Crippen MR) is 36.1 cm³/mol. The molecule has 1 atom stereocenters. The van der Waals surface area contributed by atoms with E-state index < -0.39 is 15.6 Å². The number of hydrogen-bond acceptors (Lipinski definition) is 4. The average molecular weight is 169 g/mol. The monoisotopic (exact) mass is 169 g/mol. The van der Waals surface area contributed by atoms with E-state index in [1.165, 1.54) is 4.90 Å². The van der Waals surface area contributed by atoms with Crippen molar-refractivity contribution in [3.63, 3.8) is 0 Å². The fourth-order valence-corrected chi connectivity index (χ4v) is 0.893. The molecule has 62 valence electrons.